The van der Waals surface area contributed by atoms with E-state index in [2.05, 4.69) is 15.3 Å². The van der Waals surface area contributed by atoms with Crippen LogP contribution in [0.15, 0.2) is 22.8 Å². The van der Waals surface area contributed by atoms with Gasteiger partial charge in [-0.1, -0.05) is 12.8 Å². The summed E-state index contributed by atoms with van der Waals surface area (Å²) in [5.74, 6) is 1.69. The highest BCUT2D eigenvalue weighted by Crippen LogP contribution is 2.31. The Morgan fingerprint density at radius 2 is 2.12 bits per heavy atom. The van der Waals surface area contributed by atoms with Gasteiger partial charge in [0, 0.05) is 20.6 Å². The van der Waals surface area contributed by atoms with Gasteiger partial charge in [0.05, 0.1) is 12.9 Å². The molecule has 0 aromatic carbocycles. The number of esters is 1. The van der Waals surface area contributed by atoms with Gasteiger partial charge >= 0.3 is 5.97 Å². The van der Waals surface area contributed by atoms with Crippen LogP contribution in [0, 0.1) is 5.92 Å². The molecule has 1 N–H and O–H groups in total. The fraction of sp³-hybridized carbons (Fsp3) is 0.526. The summed E-state index contributed by atoms with van der Waals surface area (Å²) in [6.07, 6.45) is 6.51. The molecule has 0 bridgehead atoms. The van der Waals surface area contributed by atoms with Gasteiger partial charge in [-0.25, -0.2) is 9.78 Å². The minimum Gasteiger partial charge on any atom is -0.463 e. The van der Waals surface area contributed by atoms with Crippen molar-refractivity contribution in [3.05, 3.63) is 24.0 Å². The highest BCUT2D eigenvalue weighted by molar-refractivity contribution is 6.00. The summed E-state index contributed by atoms with van der Waals surface area (Å²) < 4.78 is 10.8. The van der Waals surface area contributed by atoms with E-state index in [1.807, 2.05) is 19.0 Å². The van der Waals surface area contributed by atoms with Crippen molar-refractivity contribution < 1.29 is 13.9 Å². The van der Waals surface area contributed by atoms with E-state index in [0.717, 1.165) is 6.54 Å². The van der Waals surface area contributed by atoms with Gasteiger partial charge in [0.2, 0.25) is 5.95 Å². The fourth-order valence-electron chi connectivity index (χ4n) is 3.22. The van der Waals surface area contributed by atoms with Crippen molar-refractivity contribution in [2.75, 3.05) is 37.5 Å². The van der Waals surface area contributed by atoms with Gasteiger partial charge < -0.3 is 19.4 Å². The third-order valence-electron chi connectivity index (χ3n) is 4.56. The Labute approximate surface area is 153 Å². The molecule has 1 aliphatic rings. The lowest BCUT2D eigenvalue weighted by Crippen LogP contribution is -2.21. The Morgan fingerprint density at radius 3 is 2.73 bits per heavy atom. The molecule has 0 amide bonds. The molecular formula is C19H26N4O3. The number of rotatable bonds is 7. The first-order valence-electron chi connectivity index (χ1n) is 9.14. The van der Waals surface area contributed by atoms with Crippen LogP contribution >= 0.6 is 0 Å². The molecule has 3 rings (SSSR count). The van der Waals surface area contributed by atoms with E-state index in [0.29, 0.717) is 34.7 Å². The molecule has 26 heavy (non-hydrogen) atoms. The number of furan rings is 1. The van der Waals surface area contributed by atoms with Crippen LogP contribution in [0.2, 0.25) is 0 Å². The first-order valence-corrected chi connectivity index (χ1v) is 9.14. The van der Waals surface area contributed by atoms with E-state index in [1.165, 1.54) is 25.7 Å². The van der Waals surface area contributed by atoms with Crippen LogP contribution in [-0.2, 0) is 4.74 Å². The van der Waals surface area contributed by atoms with E-state index in [1.54, 1.807) is 25.3 Å². The minimum atomic E-state index is -0.446. The average Bonchev–Trinajstić information content (AvgIpc) is 3.32. The molecule has 2 aromatic heterocycles. The Bertz CT molecular complexity index is 737. The predicted octanol–water partition coefficient (Wildman–Crippen LogP) is 3.58. The van der Waals surface area contributed by atoms with Gasteiger partial charge in [-0.3, -0.25) is 0 Å². The number of nitrogens with one attached hydrogen (secondary N) is 1. The average molecular weight is 358 g/mol. The Hall–Kier alpha value is -2.57. The summed E-state index contributed by atoms with van der Waals surface area (Å²) in [5, 5.41) is 3.37. The van der Waals surface area contributed by atoms with Crippen molar-refractivity contribution in [2.24, 2.45) is 5.92 Å². The molecule has 7 heteroatoms. The van der Waals surface area contributed by atoms with Gasteiger partial charge in [-0.05, 0) is 37.8 Å². The standard InChI is InChI=1S/C19H26N4O3/c1-4-25-18(24)15-16(14-10-7-11-26-14)21-19(23(2)3)22-17(15)20-12-13-8-5-6-9-13/h7,10-11,13H,4-6,8-9,12H2,1-3H3,(H,20,21,22). The first kappa shape index (κ1) is 18.2. The molecule has 1 fully saturated rings. The maximum Gasteiger partial charge on any atom is 0.344 e. The van der Waals surface area contributed by atoms with Crippen LogP contribution in [0.5, 0.6) is 0 Å². The van der Waals surface area contributed by atoms with Crippen LogP contribution in [-0.4, -0.2) is 43.2 Å². The van der Waals surface area contributed by atoms with Crippen LogP contribution in [0.4, 0.5) is 11.8 Å². The van der Waals surface area contributed by atoms with Crippen molar-refractivity contribution >= 4 is 17.7 Å². The molecule has 0 radical (unpaired) electrons. The van der Waals surface area contributed by atoms with Crippen molar-refractivity contribution in [1.82, 2.24) is 9.97 Å². The zero-order chi connectivity index (χ0) is 18.5. The summed E-state index contributed by atoms with van der Waals surface area (Å²) in [4.78, 5) is 23.6. The normalized spacial score (nSPS) is 14.4. The van der Waals surface area contributed by atoms with Crippen molar-refractivity contribution in [2.45, 2.75) is 32.6 Å². The van der Waals surface area contributed by atoms with Crippen molar-refractivity contribution in [3.8, 4) is 11.5 Å². The maximum atomic E-state index is 12.7. The number of carbonyl (C=O) groups excluding carboxylic acids is 1. The second-order valence-corrected chi connectivity index (χ2v) is 6.72. The summed E-state index contributed by atoms with van der Waals surface area (Å²) in [7, 11) is 3.73. The molecule has 0 saturated heterocycles. The molecule has 0 unspecified atom stereocenters. The number of aromatic nitrogens is 2. The van der Waals surface area contributed by atoms with Crippen molar-refractivity contribution in [3.63, 3.8) is 0 Å². The molecule has 2 heterocycles. The fourth-order valence-corrected chi connectivity index (χ4v) is 3.22. The van der Waals surface area contributed by atoms with Crippen molar-refractivity contribution in [1.29, 1.82) is 0 Å². The summed E-state index contributed by atoms with van der Waals surface area (Å²) in [5.41, 5.74) is 0.770. The highest BCUT2D eigenvalue weighted by atomic mass is 16.5. The van der Waals surface area contributed by atoms with Gasteiger partial charge in [-0.2, -0.15) is 4.98 Å². The van der Waals surface area contributed by atoms with E-state index in [4.69, 9.17) is 9.15 Å². The molecule has 0 spiro atoms. The zero-order valence-electron chi connectivity index (χ0n) is 15.6. The number of ether oxygens (including phenoxy) is 1. The lowest BCUT2D eigenvalue weighted by atomic mass is 10.1. The number of carbonyl (C=O) groups is 1. The Kier molecular flexibility index (Phi) is 5.75. The summed E-state index contributed by atoms with van der Waals surface area (Å²) in [6, 6.07) is 3.55. The quantitative estimate of drug-likeness (QED) is 0.758. The smallest absolute Gasteiger partial charge is 0.344 e. The third-order valence-corrected chi connectivity index (χ3v) is 4.56. The second-order valence-electron chi connectivity index (χ2n) is 6.72. The van der Waals surface area contributed by atoms with Crippen LogP contribution in [0.3, 0.4) is 0 Å². The third kappa shape index (κ3) is 3.98. The van der Waals surface area contributed by atoms with Crippen LogP contribution < -0.4 is 10.2 Å². The van der Waals surface area contributed by atoms with Gasteiger partial charge in [-0.15, -0.1) is 0 Å². The second kappa shape index (κ2) is 8.21. The number of hydrogen-bond acceptors (Lipinski definition) is 7. The maximum absolute atomic E-state index is 12.7. The molecule has 140 valence electrons. The summed E-state index contributed by atoms with van der Waals surface area (Å²) >= 11 is 0. The lowest BCUT2D eigenvalue weighted by molar-refractivity contribution is 0.0527. The molecule has 2 aromatic rings. The Morgan fingerprint density at radius 1 is 1.35 bits per heavy atom. The van der Waals surface area contributed by atoms with Gasteiger partial charge in [0.15, 0.2) is 5.76 Å². The van der Waals surface area contributed by atoms with Gasteiger partial charge in [0.25, 0.3) is 0 Å². The SMILES string of the molecule is CCOC(=O)c1c(NCC2CCCC2)nc(N(C)C)nc1-c1ccco1. The number of hydrogen-bond donors (Lipinski definition) is 1. The molecule has 0 atom stereocenters. The molecule has 1 saturated carbocycles. The number of anilines is 2. The lowest BCUT2D eigenvalue weighted by Gasteiger charge is -2.19. The van der Waals surface area contributed by atoms with E-state index in [-0.39, 0.29) is 6.61 Å². The summed E-state index contributed by atoms with van der Waals surface area (Å²) in [6.45, 7) is 2.85. The van der Waals surface area contributed by atoms with E-state index >= 15 is 0 Å². The largest absolute Gasteiger partial charge is 0.463 e. The van der Waals surface area contributed by atoms with Crippen LogP contribution in [0.1, 0.15) is 43.0 Å². The topological polar surface area (TPSA) is 80.5 Å². The van der Waals surface area contributed by atoms with Gasteiger partial charge in [0.1, 0.15) is 17.1 Å². The monoisotopic (exact) mass is 358 g/mol. The zero-order valence-corrected chi connectivity index (χ0v) is 15.6. The highest BCUT2D eigenvalue weighted by Gasteiger charge is 2.26. The Balaban J connectivity index is 2.03. The number of nitrogens with zero attached hydrogens (tertiary/aromatic N) is 3. The molecule has 7 nitrogen and oxygen atoms in total. The van der Waals surface area contributed by atoms with Crippen LogP contribution in [0.25, 0.3) is 11.5 Å². The first-order chi connectivity index (χ1) is 12.6. The molecular weight excluding hydrogens is 332 g/mol. The minimum absolute atomic E-state index is 0.286. The molecule has 1 aliphatic carbocycles. The molecule has 0 aliphatic heterocycles. The van der Waals surface area contributed by atoms with E-state index < -0.39 is 5.97 Å². The predicted molar refractivity (Wildman–Crippen MR) is 100 cm³/mol. The van der Waals surface area contributed by atoms with E-state index in [9.17, 15) is 4.79 Å².